The maximum Gasteiger partial charge on any atom is 0.192 e. The van der Waals surface area contributed by atoms with E-state index in [0.29, 0.717) is 5.82 Å². The molecular weight excluding hydrogens is 298 g/mol. The third-order valence-electron chi connectivity index (χ3n) is 4.34. The highest BCUT2D eigenvalue weighted by Crippen LogP contribution is 2.30. The average Bonchev–Trinajstić information content (AvgIpc) is 2.50. The summed E-state index contributed by atoms with van der Waals surface area (Å²) in [7, 11) is 0. The van der Waals surface area contributed by atoms with Crippen LogP contribution < -0.4 is 10.6 Å². The fourth-order valence-corrected chi connectivity index (χ4v) is 3.23. The molecule has 5 heteroatoms. The molecule has 126 valence electrons. The van der Waals surface area contributed by atoms with Gasteiger partial charge in [-0.05, 0) is 25.0 Å². The first-order valence-corrected chi connectivity index (χ1v) is 8.18. The van der Waals surface area contributed by atoms with Crippen LogP contribution in [0.2, 0.25) is 0 Å². The number of hydrogen-bond acceptors (Lipinski definition) is 3. The predicted octanol–water partition coefficient (Wildman–Crippen LogP) is 3.77. The van der Waals surface area contributed by atoms with Crippen molar-refractivity contribution in [3.8, 4) is 0 Å². The molecule has 3 nitrogen and oxygen atoms in total. The van der Waals surface area contributed by atoms with Crippen LogP contribution in [0.5, 0.6) is 0 Å². The Kier molecular flexibility index (Phi) is 5.74. The van der Waals surface area contributed by atoms with E-state index in [1.54, 1.807) is 0 Å². The molecular formula is C18H24F2N2O. The van der Waals surface area contributed by atoms with E-state index in [0.717, 1.165) is 50.9 Å². The van der Waals surface area contributed by atoms with Crippen molar-refractivity contribution in [3.05, 3.63) is 47.3 Å². The molecule has 1 aromatic rings. The van der Waals surface area contributed by atoms with Crippen molar-refractivity contribution >= 4 is 5.78 Å². The number of ketones is 1. The van der Waals surface area contributed by atoms with Crippen LogP contribution in [0.1, 0.15) is 49.9 Å². The number of rotatable bonds is 6. The van der Waals surface area contributed by atoms with Gasteiger partial charge in [0.1, 0.15) is 17.5 Å². The van der Waals surface area contributed by atoms with Gasteiger partial charge in [-0.1, -0.05) is 26.7 Å². The summed E-state index contributed by atoms with van der Waals surface area (Å²) in [5.41, 5.74) is 0.0758. The van der Waals surface area contributed by atoms with Crippen LogP contribution >= 0.6 is 0 Å². The van der Waals surface area contributed by atoms with Crippen molar-refractivity contribution in [2.24, 2.45) is 5.41 Å². The minimum Gasteiger partial charge on any atom is -0.371 e. The zero-order valence-corrected chi connectivity index (χ0v) is 13.7. The van der Waals surface area contributed by atoms with Crippen molar-refractivity contribution < 1.29 is 13.6 Å². The first-order valence-electron chi connectivity index (χ1n) is 8.18. The predicted molar refractivity (Wildman–Crippen MR) is 87.0 cm³/mol. The quantitative estimate of drug-likeness (QED) is 0.619. The van der Waals surface area contributed by atoms with Crippen molar-refractivity contribution in [1.29, 1.82) is 0 Å². The van der Waals surface area contributed by atoms with E-state index in [-0.39, 0.29) is 11.0 Å². The third-order valence-corrected chi connectivity index (χ3v) is 4.34. The normalized spacial score (nSPS) is 16.4. The zero-order valence-electron chi connectivity index (χ0n) is 13.7. The van der Waals surface area contributed by atoms with Crippen molar-refractivity contribution in [3.63, 3.8) is 0 Å². The van der Waals surface area contributed by atoms with E-state index in [9.17, 15) is 13.6 Å². The monoisotopic (exact) mass is 322 g/mol. The lowest BCUT2D eigenvalue weighted by Crippen LogP contribution is -2.50. The molecule has 0 aliphatic carbocycles. The molecule has 0 aromatic heterocycles. The summed E-state index contributed by atoms with van der Waals surface area (Å²) >= 11 is 0. The van der Waals surface area contributed by atoms with Crippen LogP contribution in [0.3, 0.4) is 0 Å². The average molecular weight is 322 g/mol. The van der Waals surface area contributed by atoms with E-state index in [4.69, 9.17) is 0 Å². The Hall–Kier alpha value is -1.91. The molecule has 23 heavy (non-hydrogen) atoms. The van der Waals surface area contributed by atoms with Gasteiger partial charge in [-0.3, -0.25) is 4.79 Å². The number of carbonyl (C=O) groups excluding carboxylic acids is 1. The van der Waals surface area contributed by atoms with E-state index >= 15 is 0 Å². The molecule has 1 aromatic carbocycles. The van der Waals surface area contributed by atoms with Crippen molar-refractivity contribution in [2.45, 2.75) is 39.5 Å². The van der Waals surface area contributed by atoms with Gasteiger partial charge in [0, 0.05) is 30.6 Å². The van der Waals surface area contributed by atoms with Crippen molar-refractivity contribution in [2.75, 3.05) is 13.1 Å². The van der Waals surface area contributed by atoms with Gasteiger partial charge in [-0.15, -0.1) is 0 Å². The summed E-state index contributed by atoms with van der Waals surface area (Å²) < 4.78 is 26.6. The Balaban J connectivity index is 2.06. The van der Waals surface area contributed by atoms with Gasteiger partial charge in [0.25, 0.3) is 0 Å². The number of hydrogen-bond donors (Lipinski definition) is 2. The Labute approximate surface area is 136 Å². The Morgan fingerprint density at radius 3 is 2.30 bits per heavy atom. The Morgan fingerprint density at radius 1 is 1.17 bits per heavy atom. The molecule has 1 saturated heterocycles. The molecule has 1 aliphatic heterocycles. The second kappa shape index (κ2) is 7.57. The lowest BCUT2D eigenvalue weighted by molar-refractivity contribution is 0.103. The fraction of sp³-hybridized carbons (Fsp3) is 0.500. The van der Waals surface area contributed by atoms with Gasteiger partial charge < -0.3 is 10.6 Å². The molecule has 0 bridgehead atoms. The molecule has 1 heterocycles. The highest BCUT2D eigenvalue weighted by atomic mass is 19.1. The van der Waals surface area contributed by atoms with Gasteiger partial charge in [0.05, 0.1) is 5.56 Å². The van der Waals surface area contributed by atoms with Crippen LogP contribution in [0, 0.1) is 17.0 Å². The minimum atomic E-state index is -0.839. The molecule has 1 aliphatic rings. The molecule has 0 atom stereocenters. The van der Waals surface area contributed by atoms with Gasteiger partial charge in [0.15, 0.2) is 5.78 Å². The molecule has 0 saturated carbocycles. The number of halogens is 2. The van der Waals surface area contributed by atoms with E-state index < -0.39 is 17.4 Å². The molecule has 0 spiro atoms. The van der Waals surface area contributed by atoms with E-state index in [2.05, 4.69) is 24.5 Å². The number of allylic oxidation sites excluding steroid dienone is 1. The van der Waals surface area contributed by atoms with Crippen LogP contribution in [-0.4, -0.2) is 18.9 Å². The maximum absolute atomic E-state index is 13.6. The van der Waals surface area contributed by atoms with Gasteiger partial charge in [0.2, 0.25) is 0 Å². The third kappa shape index (κ3) is 4.30. The van der Waals surface area contributed by atoms with Crippen molar-refractivity contribution in [1.82, 2.24) is 10.6 Å². The first kappa shape index (κ1) is 17.4. The van der Waals surface area contributed by atoms with Crippen LogP contribution in [0.25, 0.3) is 0 Å². The summed E-state index contributed by atoms with van der Waals surface area (Å²) in [4.78, 5) is 12.1. The Bertz CT molecular complexity index is 581. The Morgan fingerprint density at radius 2 is 1.78 bits per heavy atom. The SMILES string of the molecule is CCCC1(CCC)CNC(=CC(=O)c2ccc(F)cc2F)NC1. The second-order valence-corrected chi connectivity index (χ2v) is 6.25. The summed E-state index contributed by atoms with van der Waals surface area (Å²) in [6, 6.07) is 2.98. The molecule has 0 radical (unpaired) electrons. The van der Waals surface area contributed by atoms with Crippen LogP contribution in [0.4, 0.5) is 8.78 Å². The van der Waals surface area contributed by atoms with E-state index in [1.165, 1.54) is 12.1 Å². The molecule has 2 N–H and O–H groups in total. The lowest BCUT2D eigenvalue weighted by atomic mass is 9.78. The zero-order chi connectivity index (χ0) is 16.9. The summed E-state index contributed by atoms with van der Waals surface area (Å²) in [6.07, 6.45) is 5.81. The molecule has 1 fully saturated rings. The number of carbonyl (C=O) groups is 1. The largest absolute Gasteiger partial charge is 0.371 e. The second-order valence-electron chi connectivity index (χ2n) is 6.25. The van der Waals surface area contributed by atoms with Crippen LogP contribution in [0.15, 0.2) is 30.1 Å². The van der Waals surface area contributed by atoms with Crippen LogP contribution in [-0.2, 0) is 0 Å². The highest BCUT2D eigenvalue weighted by molar-refractivity contribution is 6.05. The smallest absolute Gasteiger partial charge is 0.192 e. The summed E-state index contributed by atoms with van der Waals surface area (Å²) in [5.74, 6) is -1.41. The maximum atomic E-state index is 13.6. The van der Waals surface area contributed by atoms with E-state index in [1.807, 2.05) is 0 Å². The minimum absolute atomic E-state index is 0.124. The molecule has 2 rings (SSSR count). The van der Waals surface area contributed by atoms with Gasteiger partial charge >= 0.3 is 0 Å². The lowest BCUT2D eigenvalue weighted by Gasteiger charge is -2.39. The first-order chi connectivity index (χ1) is 11.0. The topological polar surface area (TPSA) is 41.1 Å². The summed E-state index contributed by atoms with van der Waals surface area (Å²) in [6.45, 7) is 5.94. The number of nitrogens with one attached hydrogen (secondary N) is 2. The highest BCUT2D eigenvalue weighted by Gasteiger charge is 2.31. The van der Waals surface area contributed by atoms with Gasteiger partial charge in [-0.2, -0.15) is 0 Å². The molecule has 0 unspecified atom stereocenters. The summed E-state index contributed by atoms with van der Waals surface area (Å²) in [5, 5.41) is 6.49. The van der Waals surface area contributed by atoms with Gasteiger partial charge in [-0.25, -0.2) is 8.78 Å². The molecule has 0 amide bonds. The number of benzene rings is 1. The standard InChI is InChI=1S/C18H24F2N2O/c1-3-7-18(8-4-2)11-21-17(22-12-18)10-16(23)14-6-5-13(19)9-15(14)20/h5-6,9-10,21-22H,3-4,7-8,11-12H2,1-2H3. The fourth-order valence-electron chi connectivity index (χ4n) is 3.23.